The second kappa shape index (κ2) is 10.6. The Kier molecular flexibility index (Phi) is 8.03. The molecule has 1 aromatic heterocycles. The molecule has 0 amide bonds. The first-order valence-corrected chi connectivity index (χ1v) is 13.5. The first-order valence-electron chi connectivity index (χ1n) is 9.93. The minimum absolute atomic E-state index is 0.0137. The van der Waals surface area contributed by atoms with Crippen LogP contribution in [0.2, 0.25) is 0 Å². The summed E-state index contributed by atoms with van der Waals surface area (Å²) in [4.78, 5) is 11.5. The number of ether oxygens (including phenoxy) is 2. The first kappa shape index (κ1) is 25.8. The number of thiophene rings is 1. The normalized spacial score (nSPS) is 11.4. The van der Waals surface area contributed by atoms with Crippen LogP contribution in [-0.2, 0) is 26.0 Å². The summed E-state index contributed by atoms with van der Waals surface area (Å²) in [5.74, 6) is -0.687. The average molecular weight is 521 g/mol. The number of sulfone groups is 1. The summed E-state index contributed by atoms with van der Waals surface area (Å²) in [5.41, 5.74) is 8.45. The van der Waals surface area contributed by atoms with Crippen LogP contribution in [0.3, 0.4) is 0 Å². The zero-order valence-electron chi connectivity index (χ0n) is 18.7. The summed E-state index contributed by atoms with van der Waals surface area (Å²) < 4.78 is 38.3. The highest BCUT2D eigenvalue weighted by molar-refractivity contribution is 8.01. The van der Waals surface area contributed by atoms with Gasteiger partial charge in [-0.1, -0.05) is 12.1 Å². The number of carbonyl (C=O) groups is 1. The molecule has 0 aliphatic heterocycles. The molecule has 0 fully saturated rings. The summed E-state index contributed by atoms with van der Waals surface area (Å²) in [5, 5.41) is 16.6. The smallest absolute Gasteiger partial charge is 0.329 e. The van der Waals surface area contributed by atoms with E-state index in [1.54, 1.807) is 30.5 Å². The maximum atomic E-state index is 13.5. The van der Waals surface area contributed by atoms with Gasteiger partial charge in [0.15, 0.2) is 0 Å². The van der Waals surface area contributed by atoms with Crippen LogP contribution in [0.1, 0.15) is 16.0 Å². The lowest BCUT2D eigenvalue weighted by Crippen LogP contribution is -2.09. The van der Waals surface area contributed by atoms with Gasteiger partial charge in [-0.2, -0.15) is 0 Å². The topological polar surface area (TPSA) is 140 Å². The number of methoxy groups -OCH3 is 1. The molecule has 0 saturated heterocycles. The van der Waals surface area contributed by atoms with Crippen LogP contribution in [0.4, 0.5) is 0 Å². The molecule has 0 spiro atoms. The molecular formula is C23H24N2O6S3. The Balaban J connectivity index is 2.11. The van der Waals surface area contributed by atoms with E-state index in [1.165, 1.54) is 42.3 Å². The monoisotopic (exact) mass is 520 g/mol. The zero-order valence-corrected chi connectivity index (χ0v) is 21.2. The van der Waals surface area contributed by atoms with Crippen molar-refractivity contribution in [1.82, 2.24) is 0 Å². The number of benzene rings is 2. The number of hydrogen-bond donors (Lipinski definition) is 3. The fourth-order valence-corrected chi connectivity index (χ4v) is 7.39. The maximum absolute atomic E-state index is 13.5. The molecule has 3 aromatic rings. The summed E-state index contributed by atoms with van der Waals surface area (Å²) in [6.07, 6.45) is 1.77. The van der Waals surface area contributed by atoms with Gasteiger partial charge in [0.1, 0.15) is 18.2 Å². The van der Waals surface area contributed by atoms with E-state index >= 15 is 0 Å². The van der Waals surface area contributed by atoms with Crippen LogP contribution >= 0.6 is 23.1 Å². The molecule has 11 heteroatoms. The van der Waals surface area contributed by atoms with E-state index in [9.17, 15) is 13.2 Å². The van der Waals surface area contributed by atoms with E-state index in [2.05, 4.69) is 0 Å². The van der Waals surface area contributed by atoms with Gasteiger partial charge in [0, 0.05) is 0 Å². The van der Waals surface area contributed by atoms with Crippen LogP contribution in [0, 0.1) is 12.3 Å². The number of amidine groups is 1. The van der Waals surface area contributed by atoms with Crippen LogP contribution in [-0.4, -0.2) is 45.3 Å². The fourth-order valence-electron chi connectivity index (χ4n) is 3.48. The quantitative estimate of drug-likeness (QED) is 0.206. The summed E-state index contributed by atoms with van der Waals surface area (Å²) in [6, 6.07) is 11.6. The van der Waals surface area contributed by atoms with Crippen molar-refractivity contribution in [2.24, 2.45) is 5.73 Å². The van der Waals surface area contributed by atoms with Crippen LogP contribution in [0.5, 0.6) is 5.75 Å². The number of carboxylic acids is 1. The number of rotatable bonds is 10. The van der Waals surface area contributed by atoms with Crippen molar-refractivity contribution in [3.63, 3.8) is 0 Å². The minimum Gasteiger partial charge on any atom is -0.497 e. The maximum Gasteiger partial charge on any atom is 0.329 e. The molecule has 0 atom stereocenters. The highest BCUT2D eigenvalue weighted by Gasteiger charge is 2.25. The number of aliphatic carboxylic acids is 1. The van der Waals surface area contributed by atoms with Crippen molar-refractivity contribution < 1.29 is 27.8 Å². The minimum atomic E-state index is -3.89. The Labute approximate surface area is 206 Å². The van der Waals surface area contributed by atoms with Crippen molar-refractivity contribution >= 4 is 44.7 Å². The van der Waals surface area contributed by atoms with Crippen molar-refractivity contribution in [2.45, 2.75) is 27.5 Å². The highest BCUT2D eigenvalue weighted by atomic mass is 32.2. The van der Waals surface area contributed by atoms with E-state index in [0.29, 0.717) is 26.0 Å². The van der Waals surface area contributed by atoms with Gasteiger partial charge in [-0.25, -0.2) is 13.2 Å². The number of carboxylic acid groups (broad SMARTS) is 1. The number of nitrogens with two attached hydrogens (primary N) is 1. The van der Waals surface area contributed by atoms with Gasteiger partial charge in [-0.15, -0.1) is 23.1 Å². The molecule has 2 aromatic carbocycles. The van der Waals surface area contributed by atoms with Crippen molar-refractivity contribution in [1.29, 1.82) is 5.41 Å². The molecule has 0 saturated carbocycles. The third kappa shape index (κ3) is 5.44. The molecule has 180 valence electrons. The summed E-state index contributed by atoms with van der Waals surface area (Å²) in [6.45, 7) is 1.42. The largest absolute Gasteiger partial charge is 0.497 e. The number of hydrogen-bond acceptors (Lipinski definition) is 8. The van der Waals surface area contributed by atoms with Gasteiger partial charge >= 0.3 is 5.97 Å². The Bertz CT molecular complexity index is 1350. The van der Waals surface area contributed by atoms with Gasteiger partial charge in [-0.05, 0) is 65.8 Å². The molecule has 0 aliphatic carbocycles. The number of thioether (sulfide) groups is 1. The molecule has 0 aliphatic rings. The van der Waals surface area contributed by atoms with Crippen molar-refractivity contribution in [3.8, 4) is 16.9 Å². The Hall–Kier alpha value is -2.86. The van der Waals surface area contributed by atoms with Gasteiger partial charge in [-0.3, -0.25) is 5.41 Å². The molecular weight excluding hydrogens is 496 g/mol. The molecule has 1 heterocycles. The van der Waals surface area contributed by atoms with E-state index in [4.69, 9.17) is 25.7 Å². The average Bonchev–Trinajstić information content (AvgIpc) is 3.24. The predicted molar refractivity (Wildman–Crippen MR) is 133 cm³/mol. The van der Waals surface area contributed by atoms with Crippen molar-refractivity contribution in [3.05, 3.63) is 58.5 Å². The lowest BCUT2D eigenvalue weighted by atomic mass is 9.95. The highest BCUT2D eigenvalue weighted by Crippen LogP contribution is 2.38. The fraction of sp³-hybridized carbons (Fsp3) is 0.217. The predicted octanol–water partition coefficient (Wildman–Crippen LogP) is 4.17. The first-order chi connectivity index (χ1) is 16.1. The third-order valence-corrected chi connectivity index (χ3v) is 9.29. The standard InChI is InChI=1S/C23H24N2O6S3/c1-13-7-16(30-2)8-15(11-31-12-20(26)27)21(13)14-5-4-6-17(9-14)34(28,29)19-10-18(22(24)25)33-23(19)32-3/h4-10H,11-12H2,1-3H3,(H3,24,25)(H,26,27). The second-order valence-corrected chi connectivity index (χ2v) is 11.3. The second-order valence-electron chi connectivity index (χ2n) is 7.28. The van der Waals surface area contributed by atoms with E-state index in [-0.39, 0.29) is 22.2 Å². The Morgan fingerprint density at radius 3 is 2.59 bits per heavy atom. The lowest BCUT2D eigenvalue weighted by Gasteiger charge is -2.16. The van der Waals surface area contributed by atoms with Crippen LogP contribution in [0.25, 0.3) is 11.1 Å². The molecule has 0 radical (unpaired) electrons. The van der Waals surface area contributed by atoms with Gasteiger partial charge in [0.2, 0.25) is 9.84 Å². The van der Waals surface area contributed by atoms with Gasteiger partial charge in [0.25, 0.3) is 0 Å². The van der Waals surface area contributed by atoms with E-state index in [0.717, 1.165) is 11.1 Å². The SMILES string of the molecule is COc1cc(C)c(-c2cccc(S(=O)(=O)c3cc(C(=N)N)sc3SC)c2)c(COCC(=O)O)c1. The molecule has 3 rings (SSSR count). The molecule has 0 unspecified atom stereocenters. The third-order valence-electron chi connectivity index (χ3n) is 4.95. The number of nitrogen functional groups attached to an aromatic ring is 1. The van der Waals surface area contributed by atoms with Crippen LogP contribution in [0.15, 0.2) is 56.5 Å². The Morgan fingerprint density at radius 2 is 1.97 bits per heavy atom. The summed E-state index contributed by atoms with van der Waals surface area (Å²) in [7, 11) is -2.36. The van der Waals surface area contributed by atoms with Crippen LogP contribution < -0.4 is 10.5 Å². The molecule has 8 nitrogen and oxygen atoms in total. The molecule has 34 heavy (non-hydrogen) atoms. The van der Waals surface area contributed by atoms with E-state index < -0.39 is 22.4 Å². The van der Waals surface area contributed by atoms with Gasteiger partial charge < -0.3 is 20.3 Å². The van der Waals surface area contributed by atoms with Crippen molar-refractivity contribution in [2.75, 3.05) is 20.0 Å². The summed E-state index contributed by atoms with van der Waals surface area (Å²) >= 11 is 2.45. The number of nitrogens with one attached hydrogen (secondary N) is 1. The lowest BCUT2D eigenvalue weighted by molar-refractivity contribution is -0.142. The molecule has 4 N–H and O–H groups in total. The van der Waals surface area contributed by atoms with E-state index in [1.807, 2.05) is 13.0 Å². The van der Waals surface area contributed by atoms with Gasteiger partial charge in [0.05, 0.1) is 32.6 Å². The Morgan fingerprint density at radius 1 is 1.24 bits per heavy atom. The molecule has 0 bridgehead atoms. The zero-order chi connectivity index (χ0) is 25.0. The number of aryl methyl sites for hydroxylation is 1.